The number of amides is 1. The van der Waals surface area contributed by atoms with Gasteiger partial charge in [-0.05, 0) is 18.1 Å². The number of nitrogens with zero attached hydrogens (tertiary/aromatic N) is 2. The maximum Gasteiger partial charge on any atom is 0.221 e. The molecule has 0 saturated carbocycles. The standard InChI is InChI=1S/C16H22N4O/c1-4-15-14(11-20(3)19-15)10-17-9-13-7-5-6-8-16(13)18-12(2)21/h5-8,11,17H,4,9-10H2,1-3H3,(H,18,21). The van der Waals surface area contributed by atoms with Gasteiger partial charge in [-0.3, -0.25) is 9.48 Å². The number of carbonyl (C=O) groups is 1. The van der Waals surface area contributed by atoms with E-state index < -0.39 is 0 Å². The highest BCUT2D eigenvalue weighted by molar-refractivity contribution is 5.89. The van der Waals surface area contributed by atoms with E-state index in [0.717, 1.165) is 29.9 Å². The van der Waals surface area contributed by atoms with Gasteiger partial charge < -0.3 is 10.6 Å². The average molecular weight is 286 g/mol. The first-order valence-corrected chi connectivity index (χ1v) is 7.17. The third kappa shape index (κ3) is 4.16. The van der Waals surface area contributed by atoms with Crippen molar-refractivity contribution in [1.29, 1.82) is 0 Å². The van der Waals surface area contributed by atoms with Crippen molar-refractivity contribution >= 4 is 11.6 Å². The Balaban J connectivity index is 1.98. The number of rotatable bonds is 6. The minimum absolute atomic E-state index is 0.0528. The van der Waals surface area contributed by atoms with E-state index in [-0.39, 0.29) is 5.91 Å². The lowest BCUT2D eigenvalue weighted by atomic mass is 10.1. The van der Waals surface area contributed by atoms with Crippen LogP contribution in [0.3, 0.4) is 0 Å². The Bertz CT molecular complexity index is 618. The molecule has 112 valence electrons. The number of anilines is 1. The fourth-order valence-corrected chi connectivity index (χ4v) is 2.35. The summed E-state index contributed by atoms with van der Waals surface area (Å²) in [6.45, 7) is 5.10. The molecular formula is C16H22N4O. The summed E-state index contributed by atoms with van der Waals surface area (Å²) in [5.74, 6) is -0.0528. The molecule has 0 fully saturated rings. The molecule has 0 saturated heterocycles. The van der Waals surface area contributed by atoms with Gasteiger partial charge in [0.1, 0.15) is 0 Å². The van der Waals surface area contributed by atoms with E-state index in [0.29, 0.717) is 6.54 Å². The molecule has 0 atom stereocenters. The molecule has 2 rings (SSSR count). The van der Waals surface area contributed by atoms with Crippen LogP contribution < -0.4 is 10.6 Å². The van der Waals surface area contributed by atoms with Crippen molar-refractivity contribution < 1.29 is 4.79 Å². The molecule has 5 nitrogen and oxygen atoms in total. The lowest BCUT2D eigenvalue weighted by molar-refractivity contribution is -0.114. The molecule has 1 amide bonds. The van der Waals surface area contributed by atoms with Crippen LogP contribution in [0.4, 0.5) is 5.69 Å². The molecule has 1 heterocycles. The molecule has 0 radical (unpaired) electrons. The fourth-order valence-electron chi connectivity index (χ4n) is 2.35. The molecule has 2 N–H and O–H groups in total. The summed E-state index contributed by atoms with van der Waals surface area (Å²) >= 11 is 0. The summed E-state index contributed by atoms with van der Waals surface area (Å²) in [5, 5.41) is 10.7. The monoisotopic (exact) mass is 286 g/mol. The average Bonchev–Trinajstić information content (AvgIpc) is 2.80. The molecule has 1 aromatic carbocycles. The summed E-state index contributed by atoms with van der Waals surface area (Å²) in [6.07, 6.45) is 2.98. The van der Waals surface area contributed by atoms with Crippen LogP contribution in [0, 0.1) is 0 Å². The van der Waals surface area contributed by atoms with Crippen LogP contribution in [0.15, 0.2) is 30.5 Å². The quantitative estimate of drug-likeness (QED) is 0.856. The minimum Gasteiger partial charge on any atom is -0.326 e. The van der Waals surface area contributed by atoms with Crippen LogP contribution in [0.25, 0.3) is 0 Å². The van der Waals surface area contributed by atoms with E-state index in [2.05, 4.69) is 22.7 Å². The van der Waals surface area contributed by atoms with Crippen LogP contribution in [0.2, 0.25) is 0 Å². The summed E-state index contributed by atoms with van der Waals surface area (Å²) in [7, 11) is 1.94. The summed E-state index contributed by atoms with van der Waals surface area (Å²) in [6, 6.07) is 7.83. The van der Waals surface area contributed by atoms with Gasteiger partial charge in [0.2, 0.25) is 5.91 Å². The number of nitrogens with one attached hydrogen (secondary N) is 2. The fraction of sp³-hybridized carbons (Fsp3) is 0.375. The third-order valence-corrected chi connectivity index (χ3v) is 3.29. The van der Waals surface area contributed by atoms with Crippen LogP contribution in [-0.4, -0.2) is 15.7 Å². The Morgan fingerprint density at radius 3 is 2.67 bits per heavy atom. The smallest absolute Gasteiger partial charge is 0.221 e. The zero-order valence-electron chi connectivity index (χ0n) is 12.8. The number of carbonyl (C=O) groups excluding carboxylic acids is 1. The normalized spacial score (nSPS) is 10.6. The van der Waals surface area contributed by atoms with Crippen molar-refractivity contribution in [2.75, 3.05) is 5.32 Å². The maximum absolute atomic E-state index is 11.2. The zero-order valence-corrected chi connectivity index (χ0v) is 12.8. The van der Waals surface area contributed by atoms with Gasteiger partial charge in [-0.25, -0.2) is 0 Å². The summed E-state index contributed by atoms with van der Waals surface area (Å²) in [4.78, 5) is 11.2. The number of hydrogen-bond donors (Lipinski definition) is 2. The molecular weight excluding hydrogens is 264 g/mol. The highest BCUT2D eigenvalue weighted by atomic mass is 16.1. The van der Waals surface area contributed by atoms with E-state index in [1.807, 2.05) is 42.2 Å². The van der Waals surface area contributed by atoms with E-state index in [1.54, 1.807) is 0 Å². The second-order valence-corrected chi connectivity index (χ2v) is 5.07. The molecule has 0 aliphatic carbocycles. The van der Waals surface area contributed by atoms with Gasteiger partial charge in [-0.1, -0.05) is 25.1 Å². The number of aromatic nitrogens is 2. The molecule has 2 aromatic rings. The SMILES string of the molecule is CCc1nn(C)cc1CNCc1ccccc1NC(C)=O. The second-order valence-electron chi connectivity index (χ2n) is 5.07. The van der Waals surface area contributed by atoms with Crippen molar-refractivity contribution in [3.05, 3.63) is 47.3 Å². The van der Waals surface area contributed by atoms with E-state index in [4.69, 9.17) is 0 Å². The van der Waals surface area contributed by atoms with Gasteiger partial charge >= 0.3 is 0 Å². The van der Waals surface area contributed by atoms with Gasteiger partial charge in [0.25, 0.3) is 0 Å². The van der Waals surface area contributed by atoms with Crippen molar-refractivity contribution in [2.45, 2.75) is 33.4 Å². The van der Waals surface area contributed by atoms with Gasteiger partial charge in [0.05, 0.1) is 5.69 Å². The Kier molecular flexibility index (Phi) is 5.11. The van der Waals surface area contributed by atoms with Crippen LogP contribution in [-0.2, 0) is 31.4 Å². The first-order valence-electron chi connectivity index (χ1n) is 7.17. The van der Waals surface area contributed by atoms with Crippen molar-refractivity contribution in [3.63, 3.8) is 0 Å². The lowest BCUT2D eigenvalue weighted by Gasteiger charge is -2.10. The topological polar surface area (TPSA) is 59.0 Å². The molecule has 0 spiro atoms. The van der Waals surface area contributed by atoms with Gasteiger partial charge in [0, 0.05) is 44.5 Å². The predicted octanol–water partition coefficient (Wildman–Crippen LogP) is 2.23. The summed E-state index contributed by atoms with van der Waals surface area (Å²) < 4.78 is 1.85. The summed E-state index contributed by atoms with van der Waals surface area (Å²) in [5.41, 5.74) is 4.28. The number of para-hydroxylation sites is 1. The van der Waals surface area contributed by atoms with Gasteiger partial charge in [-0.15, -0.1) is 0 Å². The molecule has 0 bridgehead atoms. The Morgan fingerprint density at radius 2 is 1.95 bits per heavy atom. The van der Waals surface area contributed by atoms with Crippen LogP contribution in [0.1, 0.15) is 30.7 Å². The van der Waals surface area contributed by atoms with Crippen molar-refractivity contribution in [2.24, 2.45) is 7.05 Å². The predicted molar refractivity (Wildman–Crippen MR) is 83.9 cm³/mol. The molecule has 21 heavy (non-hydrogen) atoms. The molecule has 0 aliphatic rings. The number of aryl methyl sites for hydroxylation is 2. The maximum atomic E-state index is 11.2. The van der Waals surface area contributed by atoms with E-state index in [9.17, 15) is 4.79 Å². The first-order chi connectivity index (χ1) is 10.1. The van der Waals surface area contributed by atoms with Crippen LogP contribution >= 0.6 is 0 Å². The number of hydrogen-bond acceptors (Lipinski definition) is 3. The highest BCUT2D eigenvalue weighted by Crippen LogP contribution is 2.15. The van der Waals surface area contributed by atoms with Gasteiger partial charge in [0.15, 0.2) is 0 Å². The molecule has 5 heteroatoms. The van der Waals surface area contributed by atoms with Crippen LogP contribution in [0.5, 0.6) is 0 Å². The highest BCUT2D eigenvalue weighted by Gasteiger charge is 2.06. The molecule has 1 aromatic heterocycles. The molecule has 0 aliphatic heterocycles. The van der Waals surface area contributed by atoms with Crippen molar-refractivity contribution in [3.8, 4) is 0 Å². The first kappa shape index (κ1) is 15.3. The Hall–Kier alpha value is -2.14. The minimum atomic E-state index is -0.0528. The van der Waals surface area contributed by atoms with E-state index >= 15 is 0 Å². The van der Waals surface area contributed by atoms with Gasteiger partial charge in [-0.2, -0.15) is 5.10 Å². The zero-order chi connectivity index (χ0) is 15.2. The Morgan fingerprint density at radius 1 is 1.24 bits per heavy atom. The van der Waals surface area contributed by atoms with Crippen molar-refractivity contribution in [1.82, 2.24) is 15.1 Å². The lowest BCUT2D eigenvalue weighted by Crippen LogP contribution is -2.16. The molecule has 0 unspecified atom stereocenters. The number of benzene rings is 1. The largest absolute Gasteiger partial charge is 0.326 e. The second kappa shape index (κ2) is 7.04. The van der Waals surface area contributed by atoms with E-state index in [1.165, 1.54) is 12.5 Å². The Labute approximate surface area is 125 Å². The third-order valence-electron chi connectivity index (χ3n) is 3.29.